The van der Waals surface area contributed by atoms with Gasteiger partial charge in [-0.2, -0.15) is 0 Å². The molecule has 0 spiro atoms. The molecule has 4 nitrogen and oxygen atoms in total. The molecular weight excluding hydrogens is 120 g/mol. The van der Waals surface area contributed by atoms with Gasteiger partial charge in [0.15, 0.2) is 0 Å². The van der Waals surface area contributed by atoms with E-state index in [4.69, 9.17) is 10.8 Å². The molecule has 0 radical (unpaired) electrons. The van der Waals surface area contributed by atoms with Crippen LogP contribution in [0.1, 0.15) is 6.92 Å². The third-order valence-electron chi connectivity index (χ3n) is 0.914. The summed E-state index contributed by atoms with van der Waals surface area (Å²) in [4.78, 5) is 11.5. The molecule has 9 heavy (non-hydrogen) atoms. The number of carbonyl (C=O) groups excluding carboxylic acids is 1. The van der Waals surface area contributed by atoms with Gasteiger partial charge in [0, 0.05) is 13.6 Å². The van der Waals surface area contributed by atoms with Crippen molar-refractivity contribution in [3.05, 3.63) is 0 Å². The molecule has 54 valence electrons. The number of rotatable bonds is 2. The number of nitrogens with zero attached hydrogens (tertiary/aromatic N) is 1. The number of aliphatic hydroxyl groups is 1. The lowest BCUT2D eigenvalue weighted by atomic mass is 10.4. The van der Waals surface area contributed by atoms with E-state index < -0.39 is 12.1 Å². The van der Waals surface area contributed by atoms with Crippen molar-refractivity contribution in [3.8, 4) is 0 Å². The molecule has 1 atom stereocenters. The van der Waals surface area contributed by atoms with Crippen molar-refractivity contribution in [2.75, 3.05) is 13.6 Å². The summed E-state index contributed by atoms with van der Waals surface area (Å²) in [5, 5.41) is 8.72. The standard InChI is InChI=1S/C5H12N2O2/c1-4(8)3-7(2)5(6)9/h4,8H,3H2,1-2H3,(H2,6,9). The average molecular weight is 132 g/mol. The van der Waals surface area contributed by atoms with Gasteiger partial charge in [0.05, 0.1) is 6.10 Å². The summed E-state index contributed by atoms with van der Waals surface area (Å²) in [5.41, 5.74) is 4.86. The molecule has 0 saturated carbocycles. The molecule has 0 aliphatic rings. The Labute approximate surface area is 54.3 Å². The van der Waals surface area contributed by atoms with Gasteiger partial charge in [-0.15, -0.1) is 0 Å². The summed E-state index contributed by atoms with van der Waals surface area (Å²) in [7, 11) is 1.54. The molecule has 0 fully saturated rings. The molecule has 1 unspecified atom stereocenters. The van der Waals surface area contributed by atoms with E-state index in [1.807, 2.05) is 0 Å². The number of primary amides is 1. The van der Waals surface area contributed by atoms with E-state index in [0.29, 0.717) is 0 Å². The first-order chi connectivity index (χ1) is 4.04. The largest absolute Gasteiger partial charge is 0.392 e. The van der Waals surface area contributed by atoms with Crippen LogP contribution in [0.15, 0.2) is 0 Å². The van der Waals surface area contributed by atoms with Crippen molar-refractivity contribution in [2.45, 2.75) is 13.0 Å². The molecule has 3 N–H and O–H groups in total. The van der Waals surface area contributed by atoms with E-state index in [1.165, 1.54) is 11.9 Å². The SMILES string of the molecule is CC(O)CN(C)C(N)=O. The fraction of sp³-hybridized carbons (Fsp3) is 0.800. The molecule has 0 aromatic heterocycles. The zero-order valence-corrected chi connectivity index (χ0v) is 5.66. The van der Waals surface area contributed by atoms with Crippen LogP contribution in [0.5, 0.6) is 0 Å². The second kappa shape index (κ2) is 3.29. The fourth-order valence-corrected chi connectivity index (χ4v) is 0.486. The normalized spacial score (nSPS) is 12.8. The van der Waals surface area contributed by atoms with Gasteiger partial charge in [-0.05, 0) is 6.92 Å². The average Bonchev–Trinajstić information content (AvgIpc) is 1.63. The molecule has 0 aromatic rings. The highest BCUT2D eigenvalue weighted by atomic mass is 16.3. The molecule has 0 rings (SSSR count). The first kappa shape index (κ1) is 8.23. The highest BCUT2D eigenvalue weighted by molar-refractivity contribution is 5.71. The van der Waals surface area contributed by atoms with Gasteiger partial charge < -0.3 is 15.7 Å². The maximum absolute atomic E-state index is 10.3. The van der Waals surface area contributed by atoms with Crippen LogP contribution in [0.25, 0.3) is 0 Å². The van der Waals surface area contributed by atoms with E-state index in [0.717, 1.165) is 0 Å². The van der Waals surface area contributed by atoms with E-state index >= 15 is 0 Å². The number of likely N-dealkylation sites (N-methyl/N-ethyl adjacent to an activating group) is 1. The smallest absolute Gasteiger partial charge is 0.314 e. The number of nitrogens with two attached hydrogens (primary N) is 1. The first-order valence-corrected chi connectivity index (χ1v) is 2.72. The van der Waals surface area contributed by atoms with Gasteiger partial charge in [-0.1, -0.05) is 0 Å². The van der Waals surface area contributed by atoms with Gasteiger partial charge in [0.2, 0.25) is 0 Å². The topological polar surface area (TPSA) is 66.6 Å². The predicted octanol–water partition coefficient (Wildman–Crippen LogP) is -0.622. The van der Waals surface area contributed by atoms with Crippen molar-refractivity contribution >= 4 is 6.03 Å². The second-order valence-electron chi connectivity index (χ2n) is 2.07. The molecule has 0 bridgehead atoms. The Morgan fingerprint density at radius 2 is 2.33 bits per heavy atom. The zero-order chi connectivity index (χ0) is 7.44. The molecular formula is C5H12N2O2. The molecule has 0 heterocycles. The molecule has 0 aromatic carbocycles. The maximum atomic E-state index is 10.3. The molecule has 2 amide bonds. The molecule has 0 aliphatic carbocycles. The third-order valence-corrected chi connectivity index (χ3v) is 0.914. The minimum atomic E-state index is -0.518. The molecule has 0 saturated heterocycles. The Morgan fingerprint density at radius 1 is 1.89 bits per heavy atom. The van der Waals surface area contributed by atoms with Gasteiger partial charge in [0.1, 0.15) is 0 Å². The number of amides is 2. The van der Waals surface area contributed by atoms with E-state index in [1.54, 1.807) is 6.92 Å². The second-order valence-corrected chi connectivity index (χ2v) is 2.07. The highest BCUT2D eigenvalue weighted by Gasteiger charge is 2.04. The van der Waals surface area contributed by atoms with Crippen LogP contribution >= 0.6 is 0 Å². The van der Waals surface area contributed by atoms with Crippen LogP contribution in [0.2, 0.25) is 0 Å². The fourth-order valence-electron chi connectivity index (χ4n) is 0.486. The lowest BCUT2D eigenvalue weighted by Gasteiger charge is -2.14. The first-order valence-electron chi connectivity index (χ1n) is 2.72. The van der Waals surface area contributed by atoms with Gasteiger partial charge in [-0.3, -0.25) is 0 Å². The van der Waals surface area contributed by atoms with Crippen molar-refractivity contribution in [2.24, 2.45) is 5.73 Å². The number of urea groups is 1. The van der Waals surface area contributed by atoms with E-state index in [9.17, 15) is 4.79 Å². The van der Waals surface area contributed by atoms with Gasteiger partial charge >= 0.3 is 6.03 Å². The number of carbonyl (C=O) groups is 1. The number of hydrogen-bond acceptors (Lipinski definition) is 2. The third kappa shape index (κ3) is 3.78. The van der Waals surface area contributed by atoms with Crippen LogP contribution in [0, 0.1) is 0 Å². The quantitative estimate of drug-likeness (QED) is 0.525. The van der Waals surface area contributed by atoms with Crippen LogP contribution in [-0.4, -0.2) is 35.7 Å². The van der Waals surface area contributed by atoms with Crippen molar-refractivity contribution in [1.29, 1.82) is 0 Å². The van der Waals surface area contributed by atoms with Crippen LogP contribution in [0.4, 0.5) is 4.79 Å². The summed E-state index contributed by atoms with van der Waals surface area (Å²) in [6, 6.07) is -0.518. The Balaban J connectivity index is 3.50. The Hall–Kier alpha value is -0.770. The molecule has 0 aliphatic heterocycles. The Kier molecular flexibility index (Phi) is 3.01. The predicted molar refractivity (Wildman–Crippen MR) is 33.9 cm³/mol. The summed E-state index contributed by atoms with van der Waals surface area (Å²) in [5.74, 6) is 0. The highest BCUT2D eigenvalue weighted by Crippen LogP contribution is 1.85. The van der Waals surface area contributed by atoms with Gasteiger partial charge in [-0.25, -0.2) is 4.79 Å². The zero-order valence-electron chi connectivity index (χ0n) is 5.66. The minimum Gasteiger partial charge on any atom is -0.392 e. The van der Waals surface area contributed by atoms with Crippen LogP contribution in [-0.2, 0) is 0 Å². The number of aliphatic hydroxyl groups excluding tert-OH is 1. The summed E-state index contributed by atoms with van der Waals surface area (Å²) in [6.45, 7) is 1.88. The minimum absolute atomic E-state index is 0.287. The van der Waals surface area contributed by atoms with E-state index in [2.05, 4.69) is 0 Å². The van der Waals surface area contributed by atoms with Crippen molar-refractivity contribution < 1.29 is 9.90 Å². The van der Waals surface area contributed by atoms with Crippen LogP contribution in [0.3, 0.4) is 0 Å². The lowest BCUT2D eigenvalue weighted by Crippen LogP contribution is -2.36. The molecule has 4 heteroatoms. The van der Waals surface area contributed by atoms with Crippen LogP contribution < -0.4 is 5.73 Å². The Morgan fingerprint density at radius 3 is 2.44 bits per heavy atom. The number of hydrogen-bond donors (Lipinski definition) is 2. The van der Waals surface area contributed by atoms with E-state index in [-0.39, 0.29) is 6.54 Å². The van der Waals surface area contributed by atoms with Gasteiger partial charge in [0.25, 0.3) is 0 Å². The lowest BCUT2D eigenvalue weighted by molar-refractivity contribution is 0.147. The van der Waals surface area contributed by atoms with Crippen molar-refractivity contribution in [1.82, 2.24) is 4.90 Å². The van der Waals surface area contributed by atoms with Crippen molar-refractivity contribution in [3.63, 3.8) is 0 Å². The Bertz CT molecular complexity index is 103. The summed E-state index contributed by atoms with van der Waals surface area (Å²) < 4.78 is 0. The summed E-state index contributed by atoms with van der Waals surface area (Å²) in [6.07, 6.45) is -0.512. The monoisotopic (exact) mass is 132 g/mol. The summed E-state index contributed by atoms with van der Waals surface area (Å²) >= 11 is 0. The maximum Gasteiger partial charge on any atom is 0.314 e.